The van der Waals surface area contributed by atoms with Gasteiger partial charge >= 0.3 is 0 Å². The molecule has 5 aromatic rings. The topological polar surface area (TPSA) is 351 Å². The van der Waals surface area contributed by atoms with Crippen molar-refractivity contribution in [3.8, 4) is 0 Å². The lowest BCUT2D eigenvalue weighted by Gasteiger charge is -2.13. The molecule has 0 amide bonds. The summed E-state index contributed by atoms with van der Waals surface area (Å²) in [4.78, 5) is 12.5. The predicted octanol–water partition coefficient (Wildman–Crippen LogP) is 5.49. The van der Waals surface area contributed by atoms with E-state index < -0.39 is 77.6 Å². The van der Waals surface area contributed by atoms with Gasteiger partial charge in [-0.05, 0) is 102 Å². The van der Waals surface area contributed by atoms with Gasteiger partial charge in [-0.2, -0.15) is 77.5 Å². The Kier molecular flexibility index (Phi) is 16.2. The van der Waals surface area contributed by atoms with Crippen molar-refractivity contribution in [2.45, 2.75) is 41.6 Å². The molecule has 0 aliphatic rings. The molecule has 29 heteroatoms. The Bertz CT molecular complexity index is 3180. The van der Waals surface area contributed by atoms with Crippen LogP contribution in [0.15, 0.2) is 103 Å². The number of aryl methyl sites for hydroxylation is 2. The van der Waals surface area contributed by atoms with Crippen LogP contribution in [0, 0.1) is 13.8 Å². The molecule has 0 atom stereocenters. The van der Waals surface area contributed by atoms with E-state index in [1.165, 1.54) is 18.2 Å². The van der Waals surface area contributed by atoms with Gasteiger partial charge in [0, 0.05) is 18.7 Å². The normalized spacial score (nSPS) is 12.8. The maximum Gasteiger partial charge on any atom is 0.296 e. The van der Waals surface area contributed by atoms with E-state index in [0.29, 0.717) is 28.2 Å². The number of aromatic nitrogens is 3. The Balaban J connectivity index is 1.41. The molecule has 1 heterocycles. The second kappa shape index (κ2) is 20.8. The number of nitrogens with zero attached hydrogens (tertiary/aromatic N) is 7. The SMILES string of the molecule is COS(=O)(=O)CCNc1nc(Cc2ccc(N=Nc3cc(CS(=O)(=O)O)cc(CS(=O)(=O)O)c3)cc2C)nc(Nc2ccc(N=Nc3cc(S(=O)(=O)OC)cc(S(=O)(=O)OC)c3)cc2C)n1. The number of rotatable bonds is 21. The Labute approximate surface area is 380 Å². The monoisotopic (exact) mass is 1010 g/mol. The summed E-state index contributed by atoms with van der Waals surface area (Å²) in [5.74, 6) is -1.74. The van der Waals surface area contributed by atoms with Crippen molar-refractivity contribution in [2.24, 2.45) is 20.5 Å². The second-order valence-corrected chi connectivity index (χ2v) is 22.1. The van der Waals surface area contributed by atoms with Crippen LogP contribution < -0.4 is 10.6 Å². The van der Waals surface area contributed by atoms with Gasteiger partial charge in [-0.15, -0.1) is 0 Å². The maximum atomic E-state index is 12.4. The minimum atomic E-state index is -4.49. The zero-order valence-corrected chi connectivity index (χ0v) is 39.4. The van der Waals surface area contributed by atoms with Gasteiger partial charge in [0.1, 0.15) is 17.3 Å². The summed E-state index contributed by atoms with van der Waals surface area (Å²) >= 11 is 0. The van der Waals surface area contributed by atoms with E-state index in [2.05, 4.69) is 58.6 Å². The molecule has 5 rings (SSSR count). The van der Waals surface area contributed by atoms with Gasteiger partial charge in [0.2, 0.25) is 11.9 Å². The quantitative estimate of drug-likeness (QED) is 0.0401. The highest BCUT2D eigenvalue weighted by Gasteiger charge is 2.22. The van der Waals surface area contributed by atoms with Crippen molar-refractivity contribution < 1.29 is 63.7 Å². The van der Waals surface area contributed by atoms with Gasteiger partial charge in [-0.3, -0.25) is 21.7 Å². The van der Waals surface area contributed by atoms with Crippen LogP contribution in [-0.4, -0.2) is 99.8 Å². The van der Waals surface area contributed by atoms with E-state index in [-0.39, 0.29) is 53.2 Å². The van der Waals surface area contributed by atoms with Crippen LogP contribution in [0.2, 0.25) is 0 Å². The molecule has 0 saturated heterocycles. The second-order valence-electron chi connectivity index (χ2n) is 13.9. The highest BCUT2D eigenvalue weighted by molar-refractivity contribution is 7.87. The van der Waals surface area contributed by atoms with Crippen LogP contribution in [0.1, 0.15) is 33.6 Å². The van der Waals surface area contributed by atoms with Crippen molar-refractivity contribution in [3.63, 3.8) is 0 Å². The first-order valence-corrected chi connectivity index (χ1v) is 26.2. The van der Waals surface area contributed by atoms with Crippen LogP contribution in [0.4, 0.5) is 40.3 Å². The highest BCUT2D eigenvalue weighted by atomic mass is 32.2. The van der Waals surface area contributed by atoms with Gasteiger partial charge in [0.15, 0.2) is 0 Å². The number of anilines is 3. The molecule has 0 aliphatic carbocycles. The largest absolute Gasteiger partial charge is 0.353 e. The molecule has 4 aromatic carbocycles. The van der Waals surface area contributed by atoms with Gasteiger partial charge in [-0.1, -0.05) is 12.1 Å². The summed E-state index contributed by atoms with van der Waals surface area (Å²) in [6, 6.07) is 16.6. The summed E-state index contributed by atoms with van der Waals surface area (Å²) in [5.41, 5.74) is 3.12. The molecular formula is C37H41N9O15S5. The Hall–Kier alpha value is -5.76. The molecule has 354 valence electrons. The summed E-state index contributed by atoms with van der Waals surface area (Å²) < 4.78 is 152. The predicted molar refractivity (Wildman–Crippen MR) is 238 cm³/mol. The van der Waals surface area contributed by atoms with Crippen molar-refractivity contribution in [1.82, 2.24) is 15.0 Å². The lowest BCUT2D eigenvalue weighted by atomic mass is 10.0. The lowest BCUT2D eigenvalue weighted by Crippen LogP contribution is -2.18. The molecule has 0 spiro atoms. The standard InChI is InChI=1S/C37H41N9O15S5/c1-23-12-28(43-45-30-15-25(21-62(47,48)49)14-26(16-30)22-63(50,51)52)7-6-27(23)17-35-40-36(38-10-11-64(53,54)59-3)42-37(41-35)39-34-9-8-29(13-24(34)2)44-46-31-18-32(65(55,56)60-4)20-33(19-31)66(57,58)61-5/h6-9,12-16,18-20H,10-11,17,21-22H2,1-5H3,(H,47,48,49)(H,50,51,52)(H2,38,39,40,41,42). The molecule has 0 saturated carbocycles. The number of hydrogen-bond acceptors (Lipinski definition) is 22. The third-order valence-electron chi connectivity index (χ3n) is 8.88. The van der Waals surface area contributed by atoms with E-state index in [0.717, 1.165) is 45.1 Å². The summed E-state index contributed by atoms with van der Waals surface area (Å²) in [7, 11) is -18.6. The molecule has 0 bridgehead atoms. The fraction of sp³-hybridized carbons (Fsp3) is 0.270. The molecular weight excluding hydrogens is 971 g/mol. The minimum Gasteiger partial charge on any atom is -0.353 e. The molecule has 0 fully saturated rings. The molecule has 4 N–H and O–H groups in total. The van der Waals surface area contributed by atoms with Crippen LogP contribution >= 0.6 is 0 Å². The van der Waals surface area contributed by atoms with Crippen molar-refractivity contribution >= 4 is 90.9 Å². The first-order chi connectivity index (χ1) is 30.7. The Morgan fingerprint density at radius 2 is 1.06 bits per heavy atom. The highest BCUT2D eigenvalue weighted by Crippen LogP contribution is 2.30. The van der Waals surface area contributed by atoms with Gasteiger partial charge in [0.05, 0.1) is 59.6 Å². The molecule has 0 radical (unpaired) electrons. The summed E-state index contributed by atoms with van der Waals surface area (Å²) in [6.45, 7) is 3.39. The van der Waals surface area contributed by atoms with Crippen LogP contribution in [0.25, 0.3) is 0 Å². The molecule has 0 unspecified atom stereocenters. The number of nitrogens with one attached hydrogen (secondary N) is 2. The molecule has 24 nitrogen and oxygen atoms in total. The van der Waals surface area contributed by atoms with E-state index in [1.807, 2.05) is 0 Å². The summed E-state index contributed by atoms with van der Waals surface area (Å²) in [5, 5.41) is 22.4. The average molecular weight is 1010 g/mol. The average Bonchev–Trinajstić information content (AvgIpc) is 3.22. The molecule has 1 aromatic heterocycles. The lowest BCUT2D eigenvalue weighted by molar-refractivity contribution is 0.395. The van der Waals surface area contributed by atoms with Crippen molar-refractivity contribution in [2.75, 3.05) is 44.3 Å². The van der Waals surface area contributed by atoms with Crippen molar-refractivity contribution in [1.29, 1.82) is 0 Å². The van der Waals surface area contributed by atoms with Crippen molar-refractivity contribution in [3.05, 3.63) is 106 Å². The minimum absolute atomic E-state index is 0.0110. The van der Waals surface area contributed by atoms with Gasteiger partial charge in [0.25, 0.3) is 50.6 Å². The summed E-state index contributed by atoms with van der Waals surface area (Å²) in [6.07, 6.45) is 0.140. The van der Waals surface area contributed by atoms with E-state index in [1.54, 1.807) is 50.2 Å². The van der Waals surface area contributed by atoms with Gasteiger partial charge < -0.3 is 10.6 Å². The molecule has 66 heavy (non-hydrogen) atoms. The third-order valence-corrected chi connectivity index (χ3v) is 14.0. The van der Waals surface area contributed by atoms with E-state index in [9.17, 15) is 51.2 Å². The third kappa shape index (κ3) is 15.1. The Morgan fingerprint density at radius 1 is 0.561 bits per heavy atom. The number of azo groups is 2. The number of benzene rings is 4. The van der Waals surface area contributed by atoms with Gasteiger partial charge in [-0.25, -0.2) is 0 Å². The smallest absolute Gasteiger partial charge is 0.296 e. The van der Waals surface area contributed by atoms with E-state index >= 15 is 0 Å². The first-order valence-electron chi connectivity index (χ1n) is 18.6. The fourth-order valence-electron chi connectivity index (χ4n) is 5.80. The van der Waals surface area contributed by atoms with Crippen LogP contribution in [0.3, 0.4) is 0 Å². The number of hydrogen-bond donors (Lipinski definition) is 4. The zero-order valence-electron chi connectivity index (χ0n) is 35.3. The zero-order chi connectivity index (χ0) is 48.7. The van der Waals surface area contributed by atoms with Crippen LogP contribution in [-0.2, 0) is 81.1 Å². The molecule has 0 aliphatic heterocycles. The van der Waals surface area contributed by atoms with E-state index in [4.69, 9.17) is 0 Å². The maximum absolute atomic E-state index is 12.4. The Morgan fingerprint density at radius 3 is 1.56 bits per heavy atom. The first kappa shape index (κ1) is 51.2. The van der Waals surface area contributed by atoms with Crippen LogP contribution in [0.5, 0.6) is 0 Å². The fourth-order valence-corrected chi connectivity index (χ4v) is 9.03.